The first-order valence-corrected chi connectivity index (χ1v) is 4.35. The van der Waals surface area contributed by atoms with E-state index in [4.69, 9.17) is 10.00 Å². The molecule has 1 aromatic carbocycles. The van der Waals surface area contributed by atoms with Crippen LogP contribution in [0.5, 0.6) is 5.75 Å². The van der Waals surface area contributed by atoms with Gasteiger partial charge < -0.3 is 9.47 Å². The van der Waals surface area contributed by atoms with E-state index in [1.807, 2.05) is 6.07 Å². The Bertz CT molecular complexity index is 407. The van der Waals surface area contributed by atoms with Crippen LogP contribution in [0.3, 0.4) is 0 Å². The van der Waals surface area contributed by atoms with Gasteiger partial charge in [-0.15, -0.1) is 0 Å². The van der Waals surface area contributed by atoms with E-state index in [-0.39, 0.29) is 12.4 Å². The Balaban J connectivity index is 2.94. The number of benzene rings is 1. The molecule has 0 aliphatic carbocycles. The summed E-state index contributed by atoms with van der Waals surface area (Å²) in [5.74, 6) is 0.176. The Morgan fingerprint density at radius 3 is 2.73 bits per heavy atom. The normalized spacial score (nSPS) is 9.13. The van der Waals surface area contributed by atoms with Crippen molar-refractivity contribution >= 4 is 5.97 Å². The van der Waals surface area contributed by atoms with Gasteiger partial charge in [0.05, 0.1) is 26.2 Å². The number of ether oxygens (including phenoxy) is 2. The molecule has 0 heterocycles. The quantitative estimate of drug-likeness (QED) is 0.697. The van der Waals surface area contributed by atoms with Crippen LogP contribution in [-0.2, 0) is 16.0 Å². The summed E-state index contributed by atoms with van der Waals surface area (Å²) in [7, 11) is 2.83. The fourth-order valence-corrected chi connectivity index (χ4v) is 1.19. The summed E-state index contributed by atoms with van der Waals surface area (Å²) in [6, 6.07) is 7.02. The molecule has 0 aliphatic rings. The Kier molecular flexibility index (Phi) is 3.69. The molecule has 15 heavy (non-hydrogen) atoms. The second-order valence-electron chi connectivity index (χ2n) is 2.90. The van der Waals surface area contributed by atoms with Crippen molar-refractivity contribution in [1.82, 2.24) is 0 Å². The first kappa shape index (κ1) is 11.1. The van der Waals surface area contributed by atoms with Gasteiger partial charge in [0.15, 0.2) is 0 Å². The SMILES string of the molecule is COC(=O)Cc1ccc(OC)c(C#N)c1. The van der Waals surface area contributed by atoms with Gasteiger partial charge in [0.1, 0.15) is 11.8 Å². The van der Waals surface area contributed by atoms with Gasteiger partial charge in [-0.3, -0.25) is 4.79 Å². The van der Waals surface area contributed by atoms with Gasteiger partial charge in [0.25, 0.3) is 0 Å². The molecule has 78 valence electrons. The van der Waals surface area contributed by atoms with E-state index in [2.05, 4.69) is 4.74 Å². The number of nitriles is 1. The number of carbonyl (C=O) groups is 1. The molecular formula is C11H11NO3. The van der Waals surface area contributed by atoms with Crippen molar-refractivity contribution in [1.29, 1.82) is 5.26 Å². The molecule has 0 unspecified atom stereocenters. The lowest BCUT2D eigenvalue weighted by molar-refractivity contribution is -0.139. The summed E-state index contributed by atoms with van der Waals surface area (Å²) in [6.07, 6.45) is 0.162. The minimum Gasteiger partial charge on any atom is -0.495 e. The Morgan fingerprint density at radius 1 is 1.47 bits per heavy atom. The number of carbonyl (C=O) groups excluding carboxylic acids is 1. The van der Waals surface area contributed by atoms with Gasteiger partial charge in [-0.1, -0.05) is 6.07 Å². The lowest BCUT2D eigenvalue weighted by Gasteiger charge is -2.04. The van der Waals surface area contributed by atoms with E-state index in [9.17, 15) is 4.79 Å². The summed E-state index contributed by atoms with van der Waals surface area (Å²) in [4.78, 5) is 11.0. The van der Waals surface area contributed by atoms with Gasteiger partial charge in [-0.25, -0.2) is 0 Å². The first-order chi connectivity index (χ1) is 7.21. The molecule has 0 amide bonds. The van der Waals surface area contributed by atoms with Gasteiger partial charge in [0.2, 0.25) is 0 Å². The second kappa shape index (κ2) is 5.01. The van der Waals surface area contributed by atoms with E-state index < -0.39 is 0 Å². The summed E-state index contributed by atoms with van der Waals surface area (Å²) in [5, 5.41) is 8.82. The minimum absolute atomic E-state index is 0.162. The standard InChI is InChI=1S/C11H11NO3/c1-14-10-4-3-8(5-9(10)7-12)6-11(13)15-2/h3-5H,6H2,1-2H3. The third-order valence-corrected chi connectivity index (χ3v) is 1.96. The highest BCUT2D eigenvalue weighted by Gasteiger charge is 2.07. The number of rotatable bonds is 3. The summed E-state index contributed by atoms with van der Waals surface area (Å²) >= 11 is 0. The Hall–Kier alpha value is -2.02. The number of methoxy groups -OCH3 is 2. The number of hydrogen-bond donors (Lipinski definition) is 0. The minimum atomic E-state index is -0.330. The Labute approximate surface area is 88.0 Å². The molecule has 0 radical (unpaired) electrons. The van der Waals surface area contributed by atoms with Gasteiger partial charge in [-0.2, -0.15) is 5.26 Å². The van der Waals surface area contributed by atoms with Crippen molar-refractivity contribution in [3.8, 4) is 11.8 Å². The van der Waals surface area contributed by atoms with Crippen molar-refractivity contribution in [3.05, 3.63) is 29.3 Å². The van der Waals surface area contributed by atoms with Crippen LogP contribution in [0.15, 0.2) is 18.2 Å². The first-order valence-electron chi connectivity index (χ1n) is 4.35. The molecule has 0 aliphatic heterocycles. The maximum atomic E-state index is 11.0. The number of nitrogens with zero attached hydrogens (tertiary/aromatic N) is 1. The van der Waals surface area contributed by atoms with Gasteiger partial charge >= 0.3 is 5.97 Å². The van der Waals surface area contributed by atoms with Crippen molar-refractivity contribution < 1.29 is 14.3 Å². The molecular weight excluding hydrogens is 194 g/mol. The topological polar surface area (TPSA) is 59.3 Å². The zero-order valence-corrected chi connectivity index (χ0v) is 8.61. The summed E-state index contributed by atoms with van der Waals surface area (Å²) in [5.41, 5.74) is 1.15. The lowest BCUT2D eigenvalue weighted by atomic mass is 10.1. The summed E-state index contributed by atoms with van der Waals surface area (Å²) < 4.78 is 9.51. The third-order valence-electron chi connectivity index (χ3n) is 1.96. The second-order valence-corrected chi connectivity index (χ2v) is 2.90. The van der Waals surface area contributed by atoms with E-state index in [0.717, 1.165) is 5.56 Å². The highest BCUT2D eigenvalue weighted by molar-refractivity contribution is 5.72. The molecule has 0 aromatic heterocycles. The predicted octanol–water partition coefficient (Wildman–Crippen LogP) is 1.28. The average Bonchev–Trinajstić information content (AvgIpc) is 2.28. The molecule has 0 saturated heterocycles. The Morgan fingerprint density at radius 2 is 2.20 bits per heavy atom. The molecule has 0 atom stereocenters. The van der Waals surface area contributed by atoms with E-state index >= 15 is 0 Å². The van der Waals surface area contributed by atoms with Crippen LogP contribution in [0.1, 0.15) is 11.1 Å². The molecule has 0 spiro atoms. The van der Waals surface area contributed by atoms with Crippen molar-refractivity contribution in [2.24, 2.45) is 0 Å². The van der Waals surface area contributed by atoms with Crippen LogP contribution < -0.4 is 4.74 Å². The van der Waals surface area contributed by atoms with Crippen LogP contribution in [0.4, 0.5) is 0 Å². The predicted molar refractivity (Wildman–Crippen MR) is 53.4 cm³/mol. The maximum Gasteiger partial charge on any atom is 0.309 e. The molecule has 4 nitrogen and oxygen atoms in total. The van der Waals surface area contributed by atoms with Crippen LogP contribution in [-0.4, -0.2) is 20.2 Å². The monoisotopic (exact) mass is 205 g/mol. The van der Waals surface area contributed by atoms with Crippen LogP contribution in [0, 0.1) is 11.3 Å². The summed E-state index contributed by atoms with van der Waals surface area (Å²) in [6.45, 7) is 0. The van der Waals surface area contributed by atoms with Crippen molar-refractivity contribution in [2.45, 2.75) is 6.42 Å². The zero-order chi connectivity index (χ0) is 11.3. The molecule has 1 rings (SSSR count). The van der Waals surface area contributed by atoms with E-state index in [1.54, 1.807) is 18.2 Å². The van der Waals surface area contributed by atoms with E-state index in [0.29, 0.717) is 11.3 Å². The molecule has 1 aromatic rings. The molecule has 0 fully saturated rings. The lowest BCUT2D eigenvalue weighted by Crippen LogP contribution is -2.04. The highest BCUT2D eigenvalue weighted by atomic mass is 16.5. The molecule has 0 saturated carbocycles. The molecule has 0 N–H and O–H groups in total. The van der Waals surface area contributed by atoms with E-state index in [1.165, 1.54) is 14.2 Å². The molecule has 4 heteroatoms. The van der Waals surface area contributed by atoms with Crippen LogP contribution >= 0.6 is 0 Å². The van der Waals surface area contributed by atoms with Crippen LogP contribution in [0.25, 0.3) is 0 Å². The fraction of sp³-hybridized carbons (Fsp3) is 0.273. The number of hydrogen-bond acceptors (Lipinski definition) is 4. The molecule has 0 bridgehead atoms. The van der Waals surface area contributed by atoms with Gasteiger partial charge in [-0.05, 0) is 17.7 Å². The zero-order valence-electron chi connectivity index (χ0n) is 8.61. The largest absolute Gasteiger partial charge is 0.495 e. The van der Waals surface area contributed by atoms with Crippen molar-refractivity contribution in [2.75, 3.05) is 14.2 Å². The number of esters is 1. The highest BCUT2D eigenvalue weighted by Crippen LogP contribution is 2.19. The fourth-order valence-electron chi connectivity index (χ4n) is 1.19. The maximum absolute atomic E-state index is 11.0. The smallest absolute Gasteiger partial charge is 0.309 e. The van der Waals surface area contributed by atoms with Crippen molar-refractivity contribution in [3.63, 3.8) is 0 Å². The van der Waals surface area contributed by atoms with Gasteiger partial charge in [0, 0.05) is 0 Å². The third kappa shape index (κ3) is 2.71. The average molecular weight is 205 g/mol. The van der Waals surface area contributed by atoms with Crippen LogP contribution in [0.2, 0.25) is 0 Å².